The minimum atomic E-state index is -0.683. The molecule has 3 heterocycles. The maximum absolute atomic E-state index is 13.0. The number of carbonyl (C=O) groups is 1. The van der Waals surface area contributed by atoms with Gasteiger partial charge in [-0.1, -0.05) is 54.0 Å². The number of allylic oxidation sites excluding steroid dienone is 1. The number of halogens is 1. The largest absolute Gasteiger partial charge is 0.420 e. The van der Waals surface area contributed by atoms with Crippen LogP contribution in [0.3, 0.4) is 0 Å². The number of H-pyrrole nitrogens is 1. The van der Waals surface area contributed by atoms with Gasteiger partial charge in [-0.25, -0.2) is 4.79 Å². The van der Waals surface area contributed by atoms with Gasteiger partial charge in [-0.2, -0.15) is 5.26 Å². The van der Waals surface area contributed by atoms with Crippen molar-refractivity contribution in [2.45, 2.75) is 26.2 Å². The topological polar surface area (TPSA) is 126 Å². The predicted molar refractivity (Wildman–Crippen MR) is 144 cm³/mol. The highest BCUT2D eigenvalue weighted by atomic mass is 79.9. The second kappa shape index (κ2) is 10.9. The van der Waals surface area contributed by atoms with E-state index in [9.17, 15) is 10.1 Å². The molecule has 9 nitrogen and oxygen atoms in total. The van der Waals surface area contributed by atoms with Crippen molar-refractivity contribution in [3.05, 3.63) is 75.1 Å². The average Bonchev–Trinajstić information content (AvgIpc) is 3.32. The molecule has 0 bridgehead atoms. The molecule has 5 rings (SSSR count). The fraction of sp³-hybridized carbons (Fsp3) is 0.321. The summed E-state index contributed by atoms with van der Waals surface area (Å²) < 4.78 is 17.7. The zero-order valence-corrected chi connectivity index (χ0v) is 22.7. The van der Waals surface area contributed by atoms with E-state index in [0.717, 1.165) is 16.5 Å². The molecule has 38 heavy (non-hydrogen) atoms. The van der Waals surface area contributed by atoms with Gasteiger partial charge in [-0.3, -0.25) is 5.10 Å². The first-order valence-electron chi connectivity index (χ1n) is 12.4. The molecular formula is C28H28BrN5O4. The summed E-state index contributed by atoms with van der Waals surface area (Å²) in [5.74, 6) is 0.416. The Morgan fingerprint density at radius 3 is 2.68 bits per heavy atom. The van der Waals surface area contributed by atoms with Crippen LogP contribution in [0.2, 0.25) is 0 Å². The second-order valence-corrected chi connectivity index (χ2v) is 10.6. The summed E-state index contributed by atoms with van der Waals surface area (Å²) in [6.07, 6.45) is 0.494. The number of amides is 1. The summed E-state index contributed by atoms with van der Waals surface area (Å²) in [5.41, 5.74) is 10.5. The van der Waals surface area contributed by atoms with Crippen LogP contribution in [0, 0.1) is 17.2 Å². The second-order valence-electron chi connectivity index (χ2n) is 9.69. The number of nitrogens with zero attached hydrogens (tertiary/aromatic N) is 3. The molecule has 0 spiro atoms. The first-order valence-corrected chi connectivity index (χ1v) is 13.2. The van der Waals surface area contributed by atoms with E-state index in [1.807, 2.05) is 18.2 Å². The lowest BCUT2D eigenvalue weighted by atomic mass is 9.82. The van der Waals surface area contributed by atoms with Crippen molar-refractivity contribution in [2.24, 2.45) is 11.7 Å². The normalized spacial score (nSPS) is 17.1. The van der Waals surface area contributed by atoms with Crippen molar-refractivity contribution in [3.63, 3.8) is 0 Å². The van der Waals surface area contributed by atoms with Gasteiger partial charge >= 0.3 is 6.09 Å². The minimum absolute atomic E-state index is 0.0410. The molecule has 0 unspecified atom stereocenters. The summed E-state index contributed by atoms with van der Waals surface area (Å²) in [6.45, 7) is 6.17. The fourth-order valence-corrected chi connectivity index (χ4v) is 5.18. The van der Waals surface area contributed by atoms with E-state index < -0.39 is 12.0 Å². The van der Waals surface area contributed by atoms with Gasteiger partial charge in [0.25, 0.3) is 0 Å². The van der Waals surface area contributed by atoms with Gasteiger partial charge < -0.3 is 24.8 Å². The van der Waals surface area contributed by atoms with Crippen LogP contribution < -0.4 is 15.2 Å². The van der Waals surface area contributed by atoms with Crippen molar-refractivity contribution < 1.29 is 19.0 Å². The highest BCUT2D eigenvalue weighted by molar-refractivity contribution is 9.10. The highest BCUT2D eigenvalue weighted by Gasteiger charge is 2.38. The van der Waals surface area contributed by atoms with E-state index in [2.05, 4.69) is 58.2 Å². The van der Waals surface area contributed by atoms with Crippen LogP contribution in [0.15, 0.2) is 58.4 Å². The molecule has 1 fully saturated rings. The van der Waals surface area contributed by atoms with Crippen LogP contribution in [0.5, 0.6) is 11.6 Å². The molecule has 0 aliphatic carbocycles. The van der Waals surface area contributed by atoms with E-state index in [4.69, 9.17) is 19.9 Å². The summed E-state index contributed by atoms with van der Waals surface area (Å²) in [5, 5.41) is 17.6. The predicted octanol–water partition coefficient (Wildman–Crippen LogP) is 5.09. The van der Waals surface area contributed by atoms with Gasteiger partial charge in [0.15, 0.2) is 0 Å². The lowest BCUT2D eigenvalue weighted by molar-refractivity contribution is 0.0415. The van der Waals surface area contributed by atoms with E-state index >= 15 is 0 Å². The maximum atomic E-state index is 13.0. The van der Waals surface area contributed by atoms with Crippen molar-refractivity contribution in [1.82, 2.24) is 15.1 Å². The van der Waals surface area contributed by atoms with Crippen LogP contribution >= 0.6 is 15.9 Å². The van der Waals surface area contributed by atoms with Crippen molar-refractivity contribution in [2.75, 3.05) is 26.3 Å². The number of aromatic amines is 1. The third kappa shape index (κ3) is 5.12. The Labute approximate surface area is 229 Å². The lowest BCUT2D eigenvalue weighted by Crippen LogP contribution is -2.42. The fourth-order valence-electron chi connectivity index (χ4n) is 4.80. The molecule has 2 aliphatic heterocycles. The minimum Gasteiger partial charge on any atom is -0.420 e. The Kier molecular flexibility index (Phi) is 7.40. The van der Waals surface area contributed by atoms with Crippen LogP contribution in [0.25, 0.3) is 11.3 Å². The molecule has 1 atom stereocenters. The number of morpholine rings is 1. The first kappa shape index (κ1) is 25.8. The molecule has 1 amide bonds. The first-order chi connectivity index (χ1) is 18.4. The van der Waals surface area contributed by atoms with Crippen LogP contribution in [-0.2, 0) is 11.2 Å². The molecule has 2 aromatic carbocycles. The summed E-state index contributed by atoms with van der Waals surface area (Å²) in [7, 11) is 0. The number of hydrogen-bond donors (Lipinski definition) is 2. The van der Waals surface area contributed by atoms with Gasteiger partial charge in [0.05, 0.1) is 30.4 Å². The number of aromatic nitrogens is 2. The Balaban J connectivity index is 1.59. The quantitative estimate of drug-likeness (QED) is 0.432. The lowest BCUT2D eigenvalue weighted by Gasteiger charge is -2.28. The maximum Gasteiger partial charge on any atom is 0.415 e. The summed E-state index contributed by atoms with van der Waals surface area (Å²) in [4.78, 5) is 14.6. The van der Waals surface area contributed by atoms with Gasteiger partial charge in [0.1, 0.15) is 17.4 Å². The number of nitrogens with one attached hydrogen (secondary N) is 1. The van der Waals surface area contributed by atoms with Gasteiger partial charge in [0.2, 0.25) is 11.8 Å². The molecule has 0 radical (unpaired) electrons. The number of nitriles is 1. The number of hydrogen-bond acceptors (Lipinski definition) is 7. The van der Waals surface area contributed by atoms with Crippen LogP contribution in [0.1, 0.15) is 36.5 Å². The molecule has 1 aromatic heterocycles. The van der Waals surface area contributed by atoms with Crippen molar-refractivity contribution in [3.8, 4) is 29.0 Å². The third-order valence-corrected chi connectivity index (χ3v) is 7.07. The molecule has 3 N–H and O–H groups in total. The molecule has 2 aliphatic rings. The van der Waals surface area contributed by atoms with Gasteiger partial charge in [0, 0.05) is 28.7 Å². The molecule has 0 saturated carbocycles. The summed E-state index contributed by atoms with van der Waals surface area (Å²) in [6, 6.07) is 15.8. The van der Waals surface area contributed by atoms with Crippen molar-refractivity contribution in [1.29, 1.82) is 5.26 Å². The molecule has 196 valence electrons. The molecule has 3 aromatic rings. The molecular weight excluding hydrogens is 550 g/mol. The SMILES string of the molecule is CC(C)Cc1ccc(-c2[nH]nc3c2[C@@H](c2cc(Br)ccc2OC(=O)N2CCOCC2)C(C#N)=C(N)O3)cc1. The van der Waals surface area contributed by atoms with E-state index in [-0.39, 0.29) is 17.3 Å². The number of fused-ring (bicyclic) bond motifs is 1. The number of carbonyl (C=O) groups excluding carboxylic acids is 1. The van der Waals surface area contributed by atoms with Gasteiger partial charge in [-0.05, 0) is 36.1 Å². The number of benzene rings is 2. The average molecular weight is 578 g/mol. The van der Waals surface area contributed by atoms with Crippen LogP contribution in [0.4, 0.5) is 4.79 Å². The Morgan fingerprint density at radius 2 is 2.00 bits per heavy atom. The molecule has 1 saturated heterocycles. The zero-order chi connectivity index (χ0) is 26.8. The zero-order valence-electron chi connectivity index (χ0n) is 21.2. The third-order valence-electron chi connectivity index (χ3n) is 6.57. The highest BCUT2D eigenvalue weighted by Crippen LogP contribution is 2.48. The van der Waals surface area contributed by atoms with E-state index in [1.54, 1.807) is 17.0 Å². The smallest absolute Gasteiger partial charge is 0.415 e. The van der Waals surface area contributed by atoms with E-state index in [0.29, 0.717) is 54.8 Å². The number of ether oxygens (including phenoxy) is 3. The number of rotatable bonds is 5. The Morgan fingerprint density at radius 1 is 1.26 bits per heavy atom. The van der Waals surface area contributed by atoms with Crippen LogP contribution in [-0.4, -0.2) is 47.5 Å². The summed E-state index contributed by atoms with van der Waals surface area (Å²) >= 11 is 3.53. The standard InChI is InChI=1S/C28H28BrN5O4/c1-16(2)13-17-3-5-18(6-4-17)25-24-23(21(15-30)26(31)38-27(24)33-32-25)20-14-19(29)7-8-22(20)37-28(35)34-9-11-36-12-10-34/h3-8,14,16,23H,9-13,31H2,1-2H3,(H,32,33)/t23-/m0/s1. The Bertz CT molecular complexity index is 1420. The Hall–Kier alpha value is -3.81. The monoisotopic (exact) mass is 577 g/mol. The van der Waals surface area contributed by atoms with Gasteiger partial charge in [-0.15, -0.1) is 5.10 Å². The van der Waals surface area contributed by atoms with E-state index in [1.165, 1.54) is 5.56 Å². The number of nitrogens with two attached hydrogens (primary N) is 1. The molecule has 10 heteroatoms. The van der Waals surface area contributed by atoms with Crippen molar-refractivity contribution >= 4 is 22.0 Å².